The first kappa shape index (κ1) is 43.2. The van der Waals surface area contributed by atoms with Gasteiger partial charge in [-0.15, -0.1) is 0 Å². The number of piperidine rings is 1. The topological polar surface area (TPSA) is 368 Å². The maximum absolute atomic E-state index is 13.1. The van der Waals surface area contributed by atoms with Gasteiger partial charge in [-0.1, -0.05) is 12.2 Å². The van der Waals surface area contributed by atoms with Gasteiger partial charge in [-0.05, 0) is 38.3 Å². The second-order valence-corrected chi connectivity index (χ2v) is 16.0. The average molecular weight is 792 g/mol. The Kier molecular flexibility index (Phi) is 14.0. The Morgan fingerprint density at radius 3 is 2.15 bits per heavy atom. The molecule has 4 aliphatic heterocycles. The zero-order chi connectivity index (χ0) is 39.8. The highest BCUT2D eigenvalue weighted by molar-refractivity contribution is 5.91. The number of rotatable bonds is 15. The van der Waals surface area contributed by atoms with E-state index in [1.54, 1.807) is 12.2 Å². The maximum Gasteiger partial charge on any atom is 0.187 e. The van der Waals surface area contributed by atoms with Gasteiger partial charge in [0.25, 0.3) is 0 Å². The number of nitrogens with one attached hydrogen (secondary N) is 2. The van der Waals surface area contributed by atoms with Gasteiger partial charge in [-0.3, -0.25) is 4.79 Å². The summed E-state index contributed by atoms with van der Waals surface area (Å²) in [5.74, 6) is -1.39. The quantitative estimate of drug-likeness (QED) is 0.0685. The van der Waals surface area contributed by atoms with Crippen LogP contribution in [0.3, 0.4) is 0 Å². The second kappa shape index (κ2) is 17.8. The Balaban J connectivity index is 1.16. The number of hydrogen-bond donors (Lipinski definition) is 14. The van der Waals surface area contributed by atoms with Crippen LogP contribution in [0.1, 0.15) is 32.1 Å². The molecule has 3 saturated heterocycles. The standard InChI is InChI=1S/C34H61N7O14/c35-10-18-24(45)25(46)22(39)31(51-18)54-28-19(12-42)52-32(26(28)47)55-29-23(44)14(8-21(43)34(49)9-20(34)38)7-17(37)27(29)53-30-16(36)2-1-15(50-30)11-41-13-33(48)3-5-40-6-4-33/h1-2,14-20,22-32,40-42,44-49H,3-13,35-39H2/t14-,15-,16+,17-,18-,19+,20?,22+,23-,24+,25+,26+,27+,28+,29+,30+,31+,32-,34?/m0/s1. The molecule has 19 N–H and O–H groups in total. The minimum atomic E-state index is -1.70. The molecule has 2 unspecified atom stereocenters. The van der Waals surface area contributed by atoms with E-state index in [1.807, 2.05) is 0 Å². The Morgan fingerprint density at radius 1 is 0.836 bits per heavy atom. The minimum Gasteiger partial charge on any atom is -0.394 e. The van der Waals surface area contributed by atoms with Crippen molar-refractivity contribution in [3.05, 3.63) is 12.2 Å². The summed E-state index contributed by atoms with van der Waals surface area (Å²) in [6, 6.07) is -3.65. The van der Waals surface area contributed by atoms with E-state index < -0.39 is 134 Å². The van der Waals surface area contributed by atoms with Crippen LogP contribution in [0.25, 0.3) is 0 Å². The average Bonchev–Trinajstić information content (AvgIpc) is 3.68. The molecule has 0 bridgehead atoms. The number of Topliss-reactive ketones (excluding diaryl/α,β-unsaturated/α-hetero) is 1. The zero-order valence-corrected chi connectivity index (χ0v) is 30.7. The van der Waals surface area contributed by atoms with Crippen molar-refractivity contribution in [1.29, 1.82) is 0 Å². The van der Waals surface area contributed by atoms with Crippen LogP contribution in [0.5, 0.6) is 0 Å². The fourth-order valence-electron chi connectivity index (χ4n) is 8.15. The predicted octanol–water partition coefficient (Wildman–Crippen LogP) is -7.61. The lowest BCUT2D eigenvalue weighted by atomic mass is 9.76. The summed E-state index contributed by atoms with van der Waals surface area (Å²) in [6.45, 7) is 1.27. The van der Waals surface area contributed by atoms with Gasteiger partial charge in [0.15, 0.2) is 24.7 Å². The molecule has 6 aliphatic rings. The molecule has 21 heteroatoms. The third-order valence-electron chi connectivity index (χ3n) is 11.9. The van der Waals surface area contributed by atoms with Gasteiger partial charge in [-0.2, -0.15) is 0 Å². The first-order chi connectivity index (χ1) is 26.1. The highest BCUT2D eigenvalue weighted by atomic mass is 16.8. The van der Waals surface area contributed by atoms with Crippen molar-refractivity contribution in [2.45, 2.75) is 147 Å². The van der Waals surface area contributed by atoms with E-state index in [-0.39, 0.29) is 25.8 Å². The number of carbonyl (C=O) groups is 1. The molecule has 316 valence electrons. The summed E-state index contributed by atoms with van der Waals surface area (Å²) in [4.78, 5) is 13.1. The zero-order valence-electron chi connectivity index (χ0n) is 30.7. The van der Waals surface area contributed by atoms with Crippen LogP contribution in [0.4, 0.5) is 0 Å². The third-order valence-corrected chi connectivity index (χ3v) is 11.9. The molecule has 0 aromatic rings. The molecule has 0 aromatic heterocycles. The third kappa shape index (κ3) is 9.42. The van der Waals surface area contributed by atoms with Gasteiger partial charge in [0.1, 0.15) is 54.4 Å². The Hall–Kier alpha value is -1.39. The van der Waals surface area contributed by atoms with Crippen molar-refractivity contribution >= 4 is 5.78 Å². The molecule has 2 aliphatic carbocycles. The van der Waals surface area contributed by atoms with Crippen molar-refractivity contribution in [1.82, 2.24) is 10.6 Å². The highest BCUT2D eigenvalue weighted by Crippen LogP contribution is 2.41. The molecular formula is C34H61N7O14. The van der Waals surface area contributed by atoms with E-state index in [4.69, 9.17) is 57.1 Å². The number of ketones is 1. The predicted molar refractivity (Wildman–Crippen MR) is 189 cm³/mol. The lowest BCUT2D eigenvalue weighted by molar-refractivity contribution is -0.286. The molecule has 19 atom stereocenters. The molecule has 2 saturated carbocycles. The Morgan fingerprint density at radius 2 is 1.49 bits per heavy atom. The Labute approximate surface area is 318 Å². The first-order valence-electron chi connectivity index (χ1n) is 19.1. The summed E-state index contributed by atoms with van der Waals surface area (Å²) in [5.41, 5.74) is 28.1. The summed E-state index contributed by atoms with van der Waals surface area (Å²) in [6.07, 6.45) is -12.1. The molecule has 6 rings (SSSR count). The summed E-state index contributed by atoms with van der Waals surface area (Å²) in [7, 11) is 0. The van der Waals surface area contributed by atoms with E-state index in [1.165, 1.54) is 0 Å². The molecule has 5 fully saturated rings. The number of hydrogen-bond acceptors (Lipinski definition) is 21. The fourth-order valence-corrected chi connectivity index (χ4v) is 8.15. The van der Waals surface area contributed by atoms with Crippen molar-refractivity contribution in [3.8, 4) is 0 Å². The molecule has 0 amide bonds. The second-order valence-electron chi connectivity index (χ2n) is 16.0. The van der Waals surface area contributed by atoms with Gasteiger partial charge in [0.05, 0.1) is 36.5 Å². The van der Waals surface area contributed by atoms with Crippen molar-refractivity contribution in [2.75, 3.05) is 39.3 Å². The highest BCUT2D eigenvalue weighted by Gasteiger charge is 2.59. The number of carbonyl (C=O) groups excluding carboxylic acids is 1. The molecule has 0 radical (unpaired) electrons. The Bertz CT molecular complexity index is 1320. The number of nitrogens with two attached hydrogens (primary N) is 5. The number of aliphatic hydroxyl groups is 7. The van der Waals surface area contributed by atoms with Crippen LogP contribution in [-0.4, -0.2) is 196 Å². The van der Waals surface area contributed by atoms with E-state index >= 15 is 0 Å². The van der Waals surface area contributed by atoms with Crippen LogP contribution in [-0.2, 0) is 33.2 Å². The summed E-state index contributed by atoms with van der Waals surface area (Å²) in [5, 5.41) is 82.2. The smallest absolute Gasteiger partial charge is 0.187 e. The molecule has 0 aromatic carbocycles. The van der Waals surface area contributed by atoms with E-state index in [9.17, 15) is 40.5 Å². The van der Waals surface area contributed by atoms with Gasteiger partial charge < -0.3 is 103 Å². The van der Waals surface area contributed by atoms with Gasteiger partial charge in [0.2, 0.25) is 0 Å². The van der Waals surface area contributed by atoms with Crippen LogP contribution in [0.15, 0.2) is 12.2 Å². The van der Waals surface area contributed by atoms with Crippen LogP contribution < -0.4 is 39.3 Å². The largest absolute Gasteiger partial charge is 0.394 e. The molecular weight excluding hydrogens is 730 g/mol. The molecule has 21 nitrogen and oxygen atoms in total. The first-order valence-corrected chi connectivity index (χ1v) is 19.1. The number of aliphatic hydroxyl groups excluding tert-OH is 5. The molecule has 4 heterocycles. The summed E-state index contributed by atoms with van der Waals surface area (Å²) >= 11 is 0. The lowest BCUT2D eigenvalue weighted by Gasteiger charge is -2.46. The van der Waals surface area contributed by atoms with Crippen LogP contribution in [0.2, 0.25) is 0 Å². The monoisotopic (exact) mass is 791 g/mol. The molecule has 0 spiro atoms. The normalized spacial score (nSPS) is 48.5. The van der Waals surface area contributed by atoms with Crippen molar-refractivity contribution < 1.29 is 69.0 Å². The number of ether oxygens (including phenoxy) is 6. The van der Waals surface area contributed by atoms with Crippen LogP contribution in [0, 0.1) is 5.92 Å². The van der Waals surface area contributed by atoms with Crippen molar-refractivity contribution in [2.24, 2.45) is 34.6 Å². The fraction of sp³-hybridized carbons (Fsp3) is 0.912. The summed E-state index contributed by atoms with van der Waals surface area (Å²) < 4.78 is 36.3. The van der Waals surface area contributed by atoms with Gasteiger partial charge in [0, 0.05) is 44.6 Å². The SMILES string of the molecule is NC[C@@H]1O[C@H](O[C@H]2[C@@H](O)[C@H](O[C@@H]3[C@@H](O)[C@H](CC(=O)C4(O)CC4N)C[C@H](N)[C@H]3O[C@H]3O[C@H](CNCC4(O)CCNCC4)C=C[C@H]3N)O[C@@H]2CO)[C@H](N)[C@@H](O)[C@@H]1O. The maximum atomic E-state index is 13.1. The molecule has 55 heavy (non-hydrogen) atoms. The van der Waals surface area contributed by atoms with Gasteiger partial charge >= 0.3 is 0 Å². The van der Waals surface area contributed by atoms with Crippen molar-refractivity contribution in [3.63, 3.8) is 0 Å². The van der Waals surface area contributed by atoms with E-state index in [0.717, 1.165) is 0 Å². The van der Waals surface area contributed by atoms with E-state index in [0.29, 0.717) is 39.0 Å². The van der Waals surface area contributed by atoms with E-state index in [2.05, 4.69) is 10.6 Å². The lowest BCUT2D eigenvalue weighted by Crippen LogP contribution is -2.64. The van der Waals surface area contributed by atoms with Gasteiger partial charge in [-0.25, -0.2) is 0 Å². The minimum absolute atomic E-state index is 0.0610. The van der Waals surface area contributed by atoms with Crippen LogP contribution >= 0.6 is 0 Å².